The fraction of sp³-hybridized carbons (Fsp3) is 0.500. The molecule has 0 aliphatic heterocycles. The first kappa shape index (κ1) is 15.9. The Kier molecular flexibility index (Phi) is 5.28. The molecule has 0 saturated heterocycles. The number of nitrogens with zero attached hydrogens (tertiary/aromatic N) is 2. The third-order valence-corrected chi connectivity index (χ3v) is 4.40. The van der Waals surface area contributed by atoms with Crippen molar-refractivity contribution in [2.75, 3.05) is 12.0 Å². The predicted molar refractivity (Wildman–Crippen MR) is 88.4 cm³/mol. The second-order valence-electron chi connectivity index (χ2n) is 5.14. The molecule has 0 spiro atoms. The van der Waals surface area contributed by atoms with Gasteiger partial charge in [-0.15, -0.1) is 0 Å². The van der Waals surface area contributed by atoms with Crippen LogP contribution < -0.4 is 0 Å². The van der Waals surface area contributed by atoms with Crippen molar-refractivity contribution < 1.29 is 9.90 Å². The molecular formula is C16H22N2O2S. The quantitative estimate of drug-likeness (QED) is 0.840. The number of para-hydroxylation sites is 1. The number of rotatable bonds is 7. The first-order valence-corrected chi connectivity index (χ1v) is 8.75. The van der Waals surface area contributed by atoms with E-state index in [0.717, 1.165) is 41.9 Å². The number of carbonyl (C=O) groups is 1. The standard InChI is InChI=1S/C16H22N2O2S/c1-4-7-14-17-13-9-6-8-12(16(19)20)15(13)18(14)11(5-2)10-21-3/h6,8-9,11H,4-5,7,10H2,1-3H3,(H,19,20). The molecule has 0 bridgehead atoms. The second kappa shape index (κ2) is 6.98. The molecule has 1 aromatic carbocycles. The van der Waals surface area contributed by atoms with Crippen molar-refractivity contribution in [1.82, 2.24) is 9.55 Å². The SMILES string of the molecule is CCCc1nc2cccc(C(=O)O)c2n1C(CC)CSC. The van der Waals surface area contributed by atoms with Crippen LogP contribution in [-0.2, 0) is 6.42 Å². The smallest absolute Gasteiger partial charge is 0.337 e. The van der Waals surface area contributed by atoms with Gasteiger partial charge in [-0.3, -0.25) is 0 Å². The second-order valence-corrected chi connectivity index (χ2v) is 6.05. The van der Waals surface area contributed by atoms with Crippen molar-refractivity contribution in [1.29, 1.82) is 0 Å². The van der Waals surface area contributed by atoms with E-state index in [9.17, 15) is 9.90 Å². The molecule has 5 heteroatoms. The summed E-state index contributed by atoms with van der Waals surface area (Å²) in [4.78, 5) is 16.2. The molecule has 0 fully saturated rings. The van der Waals surface area contributed by atoms with E-state index in [1.54, 1.807) is 23.9 Å². The lowest BCUT2D eigenvalue weighted by Crippen LogP contribution is -2.15. The highest BCUT2D eigenvalue weighted by Crippen LogP contribution is 2.28. The summed E-state index contributed by atoms with van der Waals surface area (Å²) in [5.41, 5.74) is 1.91. The average Bonchev–Trinajstić information content (AvgIpc) is 2.83. The molecule has 1 N–H and O–H groups in total. The van der Waals surface area contributed by atoms with Crippen molar-refractivity contribution in [3.63, 3.8) is 0 Å². The summed E-state index contributed by atoms with van der Waals surface area (Å²) in [5.74, 6) is 1.08. The monoisotopic (exact) mass is 306 g/mol. The molecular weight excluding hydrogens is 284 g/mol. The Labute approximate surface area is 129 Å². The molecule has 0 aliphatic carbocycles. The van der Waals surface area contributed by atoms with Gasteiger partial charge in [-0.2, -0.15) is 11.8 Å². The van der Waals surface area contributed by atoms with Gasteiger partial charge in [-0.1, -0.05) is 19.9 Å². The number of aromatic carboxylic acids is 1. The van der Waals surface area contributed by atoms with Crippen LogP contribution in [-0.4, -0.2) is 32.6 Å². The van der Waals surface area contributed by atoms with Crippen molar-refractivity contribution in [3.8, 4) is 0 Å². The zero-order valence-corrected chi connectivity index (χ0v) is 13.6. The number of imidazole rings is 1. The van der Waals surface area contributed by atoms with Gasteiger partial charge in [0, 0.05) is 18.2 Å². The lowest BCUT2D eigenvalue weighted by molar-refractivity contribution is 0.0698. The number of carboxylic acids is 1. The number of hydrogen-bond donors (Lipinski definition) is 1. The van der Waals surface area contributed by atoms with Gasteiger partial charge in [0.1, 0.15) is 5.82 Å². The van der Waals surface area contributed by atoms with Crippen LogP contribution in [0.5, 0.6) is 0 Å². The van der Waals surface area contributed by atoms with Crippen molar-refractivity contribution in [2.24, 2.45) is 0 Å². The van der Waals surface area contributed by atoms with Crippen molar-refractivity contribution in [2.45, 2.75) is 39.2 Å². The van der Waals surface area contributed by atoms with Crippen LogP contribution >= 0.6 is 11.8 Å². The minimum Gasteiger partial charge on any atom is -0.478 e. The van der Waals surface area contributed by atoms with E-state index in [4.69, 9.17) is 0 Å². The fourth-order valence-electron chi connectivity index (χ4n) is 2.73. The number of aryl methyl sites for hydroxylation is 1. The van der Waals surface area contributed by atoms with Gasteiger partial charge in [0.2, 0.25) is 0 Å². The maximum atomic E-state index is 11.6. The van der Waals surface area contributed by atoms with E-state index in [1.807, 2.05) is 6.07 Å². The molecule has 1 aromatic heterocycles. The lowest BCUT2D eigenvalue weighted by atomic mass is 10.1. The van der Waals surface area contributed by atoms with Crippen LogP contribution in [0, 0.1) is 0 Å². The Balaban J connectivity index is 2.72. The molecule has 2 aromatic rings. The number of hydrogen-bond acceptors (Lipinski definition) is 3. The predicted octanol–water partition coefficient (Wildman–Crippen LogP) is 4.00. The lowest BCUT2D eigenvalue weighted by Gasteiger charge is -2.20. The van der Waals surface area contributed by atoms with E-state index in [1.165, 1.54) is 0 Å². The van der Waals surface area contributed by atoms with Crippen molar-refractivity contribution >= 4 is 28.8 Å². The zero-order chi connectivity index (χ0) is 15.4. The van der Waals surface area contributed by atoms with Gasteiger partial charge in [-0.05, 0) is 31.2 Å². The third-order valence-electron chi connectivity index (χ3n) is 3.68. The van der Waals surface area contributed by atoms with E-state index in [-0.39, 0.29) is 6.04 Å². The maximum absolute atomic E-state index is 11.6. The number of carboxylic acid groups (broad SMARTS) is 1. The Morgan fingerprint density at radius 1 is 1.43 bits per heavy atom. The normalized spacial score (nSPS) is 12.7. The van der Waals surface area contributed by atoms with Crippen molar-refractivity contribution in [3.05, 3.63) is 29.6 Å². The third kappa shape index (κ3) is 3.07. The van der Waals surface area contributed by atoms with E-state index < -0.39 is 5.97 Å². The van der Waals surface area contributed by atoms with E-state index in [2.05, 4.69) is 29.7 Å². The summed E-state index contributed by atoms with van der Waals surface area (Å²) in [6.07, 6.45) is 4.93. The zero-order valence-electron chi connectivity index (χ0n) is 12.8. The molecule has 4 nitrogen and oxygen atoms in total. The Morgan fingerprint density at radius 3 is 2.76 bits per heavy atom. The van der Waals surface area contributed by atoms with Gasteiger partial charge >= 0.3 is 5.97 Å². The van der Waals surface area contributed by atoms with Crippen LogP contribution in [0.2, 0.25) is 0 Å². The van der Waals surface area contributed by atoms with Gasteiger partial charge in [0.15, 0.2) is 0 Å². The number of aromatic nitrogens is 2. The van der Waals surface area contributed by atoms with Crippen LogP contribution in [0.15, 0.2) is 18.2 Å². The number of thioether (sulfide) groups is 1. The summed E-state index contributed by atoms with van der Waals surface area (Å²) in [7, 11) is 0. The minimum atomic E-state index is -0.885. The topological polar surface area (TPSA) is 55.1 Å². The highest BCUT2D eigenvalue weighted by atomic mass is 32.2. The van der Waals surface area contributed by atoms with Crippen LogP contribution in [0.25, 0.3) is 11.0 Å². The molecule has 2 rings (SSSR count). The van der Waals surface area contributed by atoms with Gasteiger partial charge in [0.25, 0.3) is 0 Å². The first-order chi connectivity index (χ1) is 10.1. The number of fused-ring (bicyclic) bond motifs is 1. The summed E-state index contributed by atoms with van der Waals surface area (Å²) < 4.78 is 2.17. The summed E-state index contributed by atoms with van der Waals surface area (Å²) >= 11 is 1.79. The number of benzene rings is 1. The van der Waals surface area contributed by atoms with Crippen LogP contribution in [0.3, 0.4) is 0 Å². The molecule has 0 amide bonds. The average molecular weight is 306 g/mol. The van der Waals surface area contributed by atoms with E-state index in [0.29, 0.717) is 5.56 Å². The largest absolute Gasteiger partial charge is 0.478 e. The highest BCUT2D eigenvalue weighted by Gasteiger charge is 2.21. The molecule has 114 valence electrons. The Bertz CT molecular complexity index is 636. The first-order valence-electron chi connectivity index (χ1n) is 7.36. The molecule has 1 atom stereocenters. The molecule has 0 radical (unpaired) electrons. The fourth-order valence-corrected chi connectivity index (χ4v) is 3.50. The summed E-state index contributed by atoms with van der Waals surface area (Å²) in [5, 5.41) is 9.48. The highest BCUT2D eigenvalue weighted by molar-refractivity contribution is 7.98. The maximum Gasteiger partial charge on any atom is 0.337 e. The van der Waals surface area contributed by atoms with Crippen LogP contribution in [0.1, 0.15) is 48.9 Å². The molecule has 21 heavy (non-hydrogen) atoms. The Hall–Kier alpha value is -1.49. The van der Waals surface area contributed by atoms with Gasteiger partial charge in [-0.25, -0.2) is 9.78 Å². The van der Waals surface area contributed by atoms with E-state index >= 15 is 0 Å². The molecule has 1 heterocycles. The van der Waals surface area contributed by atoms with Crippen LogP contribution in [0.4, 0.5) is 0 Å². The Morgan fingerprint density at radius 2 is 2.19 bits per heavy atom. The molecule has 0 aliphatic rings. The van der Waals surface area contributed by atoms with Gasteiger partial charge < -0.3 is 9.67 Å². The van der Waals surface area contributed by atoms with Gasteiger partial charge in [0.05, 0.1) is 16.6 Å². The summed E-state index contributed by atoms with van der Waals surface area (Å²) in [6.45, 7) is 4.27. The molecule has 0 saturated carbocycles. The molecule has 1 unspecified atom stereocenters. The summed E-state index contributed by atoms with van der Waals surface area (Å²) in [6, 6.07) is 5.63. The minimum absolute atomic E-state index is 0.284.